The van der Waals surface area contributed by atoms with Gasteiger partial charge in [-0.3, -0.25) is 0 Å². The second-order valence-corrected chi connectivity index (χ2v) is 6.26. The molecule has 0 amide bonds. The van der Waals surface area contributed by atoms with Crippen molar-refractivity contribution < 1.29 is 9.84 Å². The van der Waals surface area contributed by atoms with Crippen LogP contribution in [0.2, 0.25) is 0 Å². The largest absolute Gasteiger partial charge is 0.507 e. The Morgan fingerprint density at radius 3 is 2.84 bits per heavy atom. The molecule has 1 heterocycles. The fraction of sp³-hybridized carbons (Fsp3) is 0.375. The molecule has 2 nitrogen and oxygen atoms in total. The Labute approximate surface area is 122 Å². The molecule has 19 heavy (non-hydrogen) atoms. The van der Waals surface area contributed by atoms with E-state index in [0.29, 0.717) is 4.47 Å². The van der Waals surface area contributed by atoms with Gasteiger partial charge in [-0.2, -0.15) is 0 Å². The normalized spacial score (nSPS) is 20.6. The molecule has 0 spiro atoms. The Morgan fingerprint density at radius 2 is 2.16 bits per heavy atom. The predicted molar refractivity (Wildman–Crippen MR) is 82.5 cm³/mol. The van der Waals surface area contributed by atoms with E-state index >= 15 is 0 Å². The molecule has 1 atom stereocenters. The molecule has 0 aliphatic carbocycles. The highest BCUT2D eigenvalue weighted by atomic mass is 79.9. The molecule has 2 rings (SSSR count). The van der Waals surface area contributed by atoms with E-state index in [4.69, 9.17) is 4.74 Å². The second-order valence-electron chi connectivity index (χ2n) is 5.41. The summed E-state index contributed by atoms with van der Waals surface area (Å²) in [5, 5.41) is 9.66. The first-order valence-electron chi connectivity index (χ1n) is 6.44. The van der Waals surface area contributed by atoms with Crippen molar-refractivity contribution in [3.05, 3.63) is 39.9 Å². The van der Waals surface area contributed by atoms with Crippen molar-refractivity contribution in [3.63, 3.8) is 0 Å². The van der Waals surface area contributed by atoms with Crippen molar-refractivity contribution in [1.29, 1.82) is 0 Å². The maximum absolute atomic E-state index is 9.66. The summed E-state index contributed by atoms with van der Waals surface area (Å²) in [5.41, 5.74) is 1.96. The Hall–Kier alpha value is -1.22. The van der Waals surface area contributed by atoms with E-state index in [1.54, 1.807) is 6.07 Å². The number of allylic oxidation sites excluding steroid dienone is 2. The maximum atomic E-state index is 9.66. The van der Waals surface area contributed by atoms with E-state index in [-0.39, 0.29) is 11.4 Å². The molecule has 3 heteroatoms. The van der Waals surface area contributed by atoms with Gasteiger partial charge in [0.15, 0.2) is 0 Å². The Balaban J connectivity index is 2.17. The zero-order valence-corrected chi connectivity index (χ0v) is 13.1. The molecule has 0 saturated heterocycles. The Bertz CT molecular complexity index is 542. The third-order valence-corrected chi connectivity index (χ3v) is 3.87. The van der Waals surface area contributed by atoms with Crippen LogP contribution in [0.3, 0.4) is 0 Å². The van der Waals surface area contributed by atoms with Gasteiger partial charge in [0.05, 0.1) is 4.47 Å². The minimum atomic E-state index is -0.282. The Morgan fingerprint density at radius 1 is 1.42 bits per heavy atom. The maximum Gasteiger partial charge on any atom is 0.130 e. The van der Waals surface area contributed by atoms with E-state index in [1.807, 2.05) is 12.1 Å². The fourth-order valence-electron chi connectivity index (χ4n) is 2.11. The number of ether oxygens (including phenoxy) is 1. The van der Waals surface area contributed by atoms with Gasteiger partial charge in [-0.25, -0.2) is 0 Å². The summed E-state index contributed by atoms with van der Waals surface area (Å²) in [5.74, 6) is 1.05. The quantitative estimate of drug-likeness (QED) is 0.787. The molecule has 0 fully saturated rings. The summed E-state index contributed by atoms with van der Waals surface area (Å²) >= 11 is 3.32. The predicted octanol–water partition coefficient (Wildman–Crippen LogP) is 5.07. The van der Waals surface area contributed by atoms with E-state index < -0.39 is 0 Å². The first kappa shape index (κ1) is 14.2. The van der Waals surface area contributed by atoms with Gasteiger partial charge in [0, 0.05) is 5.56 Å². The van der Waals surface area contributed by atoms with Crippen LogP contribution in [0.1, 0.15) is 39.2 Å². The second kappa shape index (κ2) is 5.41. The number of phenols is 1. The zero-order valence-electron chi connectivity index (χ0n) is 11.5. The molecular formula is C16H19BrO2. The number of benzene rings is 1. The standard InChI is InChI=1S/C16H19BrO2/c1-11(2)5-4-7-16(3)8-6-12-9-14(18)13(17)10-15(12)19-16/h5-6,8-10,18H,4,7H2,1-3H3/t16-/m1/s1. The van der Waals surface area contributed by atoms with Gasteiger partial charge < -0.3 is 9.84 Å². The molecule has 0 bridgehead atoms. The number of rotatable bonds is 3. The van der Waals surface area contributed by atoms with Gasteiger partial charge in [0.25, 0.3) is 0 Å². The van der Waals surface area contributed by atoms with Crippen LogP contribution in [0.15, 0.2) is 34.3 Å². The van der Waals surface area contributed by atoms with E-state index in [2.05, 4.69) is 48.9 Å². The van der Waals surface area contributed by atoms with E-state index in [1.165, 1.54) is 5.57 Å². The van der Waals surface area contributed by atoms with Crippen LogP contribution in [-0.4, -0.2) is 10.7 Å². The van der Waals surface area contributed by atoms with E-state index in [9.17, 15) is 5.11 Å². The van der Waals surface area contributed by atoms with Gasteiger partial charge >= 0.3 is 0 Å². The zero-order chi connectivity index (χ0) is 14.0. The van der Waals surface area contributed by atoms with Crippen molar-refractivity contribution in [2.45, 2.75) is 39.2 Å². The van der Waals surface area contributed by atoms with Crippen molar-refractivity contribution in [2.24, 2.45) is 0 Å². The number of aromatic hydroxyl groups is 1. The summed E-state index contributed by atoms with van der Waals surface area (Å²) in [7, 11) is 0. The van der Waals surface area contributed by atoms with Gasteiger partial charge in [-0.15, -0.1) is 0 Å². The minimum Gasteiger partial charge on any atom is -0.507 e. The molecule has 0 radical (unpaired) electrons. The smallest absolute Gasteiger partial charge is 0.130 e. The minimum absolute atomic E-state index is 0.236. The van der Waals surface area contributed by atoms with Crippen LogP contribution in [0, 0.1) is 0 Å². The molecule has 1 aliphatic heterocycles. The number of halogens is 1. The summed E-state index contributed by atoms with van der Waals surface area (Å²) in [6, 6.07) is 3.54. The monoisotopic (exact) mass is 322 g/mol. The average Bonchev–Trinajstić information content (AvgIpc) is 2.31. The molecule has 1 aromatic rings. The third kappa shape index (κ3) is 3.41. The number of fused-ring (bicyclic) bond motifs is 1. The average molecular weight is 323 g/mol. The van der Waals surface area contributed by atoms with Crippen LogP contribution in [0.4, 0.5) is 0 Å². The highest BCUT2D eigenvalue weighted by Crippen LogP contribution is 2.39. The highest BCUT2D eigenvalue weighted by molar-refractivity contribution is 9.10. The molecule has 102 valence electrons. The van der Waals surface area contributed by atoms with Gasteiger partial charge in [-0.05, 0) is 67.8 Å². The highest BCUT2D eigenvalue weighted by Gasteiger charge is 2.27. The fourth-order valence-corrected chi connectivity index (χ4v) is 2.43. The van der Waals surface area contributed by atoms with Gasteiger partial charge in [0.2, 0.25) is 0 Å². The Kier molecular flexibility index (Phi) is 4.04. The molecule has 1 aromatic carbocycles. The lowest BCUT2D eigenvalue weighted by atomic mass is 9.94. The van der Waals surface area contributed by atoms with Crippen LogP contribution in [0.25, 0.3) is 6.08 Å². The van der Waals surface area contributed by atoms with Crippen LogP contribution in [0.5, 0.6) is 11.5 Å². The first-order chi connectivity index (χ1) is 8.89. The third-order valence-electron chi connectivity index (χ3n) is 3.23. The molecule has 0 aromatic heterocycles. The van der Waals surface area contributed by atoms with Gasteiger partial charge in [0.1, 0.15) is 17.1 Å². The summed E-state index contributed by atoms with van der Waals surface area (Å²) in [6.45, 7) is 6.30. The van der Waals surface area contributed by atoms with Gasteiger partial charge in [-0.1, -0.05) is 17.7 Å². The van der Waals surface area contributed by atoms with Crippen LogP contribution < -0.4 is 4.74 Å². The summed E-state index contributed by atoms with van der Waals surface area (Å²) < 4.78 is 6.74. The van der Waals surface area contributed by atoms with Crippen molar-refractivity contribution >= 4 is 22.0 Å². The molecule has 0 unspecified atom stereocenters. The van der Waals surface area contributed by atoms with Crippen molar-refractivity contribution in [1.82, 2.24) is 0 Å². The van der Waals surface area contributed by atoms with Crippen LogP contribution >= 0.6 is 15.9 Å². The van der Waals surface area contributed by atoms with Crippen LogP contribution in [-0.2, 0) is 0 Å². The molecule has 0 saturated carbocycles. The van der Waals surface area contributed by atoms with Crippen molar-refractivity contribution in [2.75, 3.05) is 0 Å². The lowest BCUT2D eigenvalue weighted by Crippen LogP contribution is -2.31. The number of hydrogen-bond acceptors (Lipinski definition) is 2. The molecular weight excluding hydrogens is 304 g/mol. The van der Waals surface area contributed by atoms with E-state index in [0.717, 1.165) is 24.2 Å². The summed E-state index contributed by atoms with van der Waals surface area (Å²) in [4.78, 5) is 0. The topological polar surface area (TPSA) is 29.5 Å². The lowest BCUT2D eigenvalue weighted by molar-refractivity contribution is 0.128. The number of hydrogen-bond donors (Lipinski definition) is 1. The lowest BCUT2D eigenvalue weighted by Gasteiger charge is -2.31. The number of phenolic OH excluding ortho intramolecular Hbond substituents is 1. The summed E-state index contributed by atoms with van der Waals surface area (Å²) in [6.07, 6.45) is 8.25. The first-order valence-corrected chi connectivity index (χ1v) is 7.23. The SMILES string of the molecule is CC(C)=CCC[C@]1(C)C=Cc2cc(O)c(Br)cc2O1. The van der Waals surface area contributed by atoms with Crippen molar-refractivity contribution in [3.8, 4) is 11.5 Å². The molecule has 1 aliphatic rings. The molecule has 1 N–H and O–H groups in total.